The Balaban J connectivity index is 1.65. The van der Waals surface area contributed by atoms with E-state index < -0.39 is 22.9 Å². The first kappa shape index (κ1) is 23.6. The number of alkyl halides is 3. The minimum absolute atomic E-state index is 0.0996. The van der Waals surface area contributed by atoms with Crippen LogP contribution in [0.4, 0.5) is 19.0 Å². The van der Waals surface area contributed by atoms with E-state index in [2.05, 4.69) is 15.3 Å². The summed E-state index contributed by atoms with van der Waals surface area (Å²) in [7, 11) is 1.51. The van der Waals surface area contributed by atoms with Crippen LogP contribution in [0.2, 0.25) is 5.02 Å². The van der Waals surface area contributed by atoms with Crippen molar-refractivity contribution in [1.29, 1.82) is 0 Å². The lowest BCUT2D eigenvalue weighted by atomic mass is 9.81. The molecule has 2 N–H and O–H groups in total. The quantitative estimate of drug-likeness (QED) is 0.411. The smallest absolute Gasteiger partial charge is 0.425 e. The van der Waals surface area contributed by atoms with Gasteiger partial charge in [0.1, 0.15) is 27.1 Å². The number of halogens is 4. The molecule has 2 heterocycles. The normalized spacial score (nSPS) is 18.9. The minimum Gasteiger partial charge on any atom is -0.495 e. The van der Waals surface area contributed by atoms with Crippen LogP contribution in [0.15, 0.2) is 24.3 Å². The summed E-state index contributed by atoms with van der Waals surface area (Å²) in [5.74, 6) is -0.0419. The molecule has 0 spiro atoms. The van der Waals surface area contributed by atoms with E-state index in [0.717, 1.165) is 11.6 Å². The topological polar surface area (TPSA) is 84.3 Å². The maximum absolute atomic E-state index is 13.4. The summed E-state index contributed by atoms with van der Waals surface area (Å²) in [6.07, 6.45) is -2.34. The monoisotopic (exact) mass is 499 g/mol. The van der Waals surface area contributed by atoms with Crippen LogP contribution in [0.5, 0.6) is 5.75 Å². The molecule has 4 rings (SSSR count). The molecule has 33 heavy (non-hydrogen) atoms. The van der Waals surface area contributed by atoms with Gasteiger partial charge in [-0.3, -0.25) is 4.79 Å². The number of anilines is 1. The number of carboxylic acid groups (broad SMARTS) is 1. The van der Waals surface area contributed by atoms with Gasteiger partial charge in [-0.25, -0.2) is 9.97 Å². The first-order valence-electron chi connectivity index (χ1n) is 10.3. The van der Waals surface area contributed by atoms with Crippen LogP contribution in [0.1, 0.15) is 47.9 Å². The van der Waals surface area contributed by atoms with Crippen molar-refractivity contribution in [3.63, 3.8) is 0 Å². The summed E-state index contributed by atoms with van der Waals surface area (Å²) in [6, 6.07) is 6.30. The van der Waals surface area contributed by atoms with Crippen LogP contribution < -0.4 is 10.1 Å². The van der Waals surface area contributed by atoms with Gasteiger partial charge in [-0.15, -0.1) is 11.3 Å². The highest BCUT2D eigenvalue weighted by Gasteiger charge is 2.34. The molecule has 0 aliphatic heterocycles. The Morgan fingerprint density at radius 3 is 2.58 bits per heavy atom. The van der Waals surface area contributed by atoms with Crippen molar-refractivity contribution in [1.82, 2.24) is 9.97 Å². The lowest BCUT2D eigenvalue weighted by Gasteiger charge is -2.25. The van der Waals surface area contributed by atoms with Gasteiger partial charge in [0.05, 0.1) is 23.4 Å². The van der Waals surface area contributed by atoms with Crippen molar-refractivity contribution in [2.75, 3.05) is 12.4 Å². The van der Waals surface area contributed by atoms with Crippen molar-refractivity contribution >= 4 is 44.9 Å². The summed E-state index contributed by atoms with van der Waals surface area (Å²) >= 11 is 6.76. The molecule has 1 aliphatic rings. The molecule has 6 nitrogen and oxygen atoms in total. The number of carbonyl (C=O) groups is 1. The Morgan fingerprint density at radius 1 is 1.24 bits per heavy atom. The molecule has 1 saturated carbocycles. The zero-order valence-electron chi connectivity index (χ0n) is 17.6. The lowest BCUT2D eigenvalue weighted by molar-refractivity contribution is -0.143. The van der Waals surface area contributed by atoms with Gasteiger partial charge in [-0.1, -0.05) is 17.7 Å². The Kier molecular flexibility index (Phi) is 6.67. The number of benzene rings is 1. The summed E-state index contributed by atoms with van der Waals surface area (Å²) in [4.78, 5) is 19.8. The Labute approximate surface area is 196 Å². The van der Waals surface area contributed by atoms with Crippen LogP contribution >= 0.6 is 22.9 Å². The number of nitrogens with zero attached hydrogens (tertiary/aromatic N) is 2. The standard InChI is InChI=1S/C22H21ClF3N3O3S/c1-32-16-7-2-11(8-15(16)23)10-27-19-14-9-17(22(24,25)26)33-20(14)29-18(28-19)12-3-5-13(6-4-12)21(30)31/h2,7-9,12-13H,3-6,10H2,1H3,(H,30,31)(H,27,28,29). The number of nitrogens with one attached hydrogen (secondary N) is 1. The molecule has 0 saturated heterocycles. The highest BCUT2D eigenvalue weighted by atomic mass is 35.5. The van der Waals surface area contributed by atoms with E-state index in [9.17, 15) is 23.1 Å². The van der Waals surface area contributed by atoms with Crippen LogP contribution in [0.3, 0.4) is 0 Å². The lowest BCUT2D eigenvalue weighted by Crippen LogP contribution is -2.21. The van der Waals surface area contributed by atoms with E-state index in [4.69, 9.17) is 16.3 Å². The number of rotatable bonds is 6. The maximum Gasteiger partial charge on any atom is 0.425 e. The predicted molar refractivity (Wildman–Crippen MR) is 120 cm³/mol. The summed E-state index contributed by atoms with van der Waals surface area (Å²) in [5.41, 5.74) is 0.808. The number of fused-ring (bicyclic) bond motifs is 1. The van der Waals surface area contributed by atoms with Gasteiger partial charge in [0.25, 0.3) is 0 Å². The number of methoxy groups -OCH3 is 1. The van der Waals surface area contributed by atoms with Crippen LogP contribution in [-0.4, -0.2) is 28.2 Å². The number of carboxylic acids is 1. The van der Waals surface area contributed by atoms with Gasteiger partial charge in [-0.05, 0) is 49.4 Å². The largest absolute Gasteiger partial charge is 0.495 e. The van der Waals surface area contributed by atoms with Crippen molar-refractivity contribution in [3.05, 3.63) is 45.6 Å². The number of aromatic nitrogens is 2. The third-order valence-corrected chi connectivity index (χ3v) is 7.18. The number of ether oxygens (including phenoxy) is 1. The zero-order chi connectivity index (χ0) is 23.8. The second-order valence-corrected chi connectivity index (χ2v) is 9.40. The van der Waals surface area contributed by atoms with E-state index in [-0.39, 0.29) is 17.3 Å². The molecular formula is C22H21ClF3N3O3S. The van der Waals surface area contributed by atoms with E-state index >= 15 is 0 Å². The molecule has 1 aliphatic carbocycles. The molecule has 0 radical (unpaired) electrons. The van der Waals surface area contributed by atoms with Crippen molar-refractivity contribution < 1.29 is 27.8 Å². The SMILES string of the molecule is COc1ccc(CNc2nc(C3CCC(C(=O)O)CC3)nc3sc(C(F)(F)F)cc23)cc1Cl. The third kappa shape index (κ3) is 5.16. The predicted octanol–water partition coefficient (Wildman–Crippen LogP) is 6.34. The fraction of sp³-hybridized carbons (Fsp3) is 0.409. The van der Waals surface area contributed by atoms with E-state index in [1.807, 2.05) is 0 Å². The number of hydrogen-bond acceptors (Lipinski definition) is 6. The highest BCUT2D eigenvalue weighted by molar-refractivity contribution is 7.18. The van der Waals surface area contributed by atoms with Crippen molar-refractivity contribution in [3.8, 4) is 5.75 Å². The second-order valence-electron chi connectivity index (χ2n) is 7.97. The molecule has 0 atom stereocenters. The van der Waals surface area contributed by atoms with Gasteiger partial charge in [0, 0.05) is 12.5 Å². The number of hydrogen-bond donors (Lipinski definition) is 2. The number of aliphatic carboxylic acids is 1. The van der Waals surface area contributed by atoms with Crippen LogP contribution in [-0.2, 0) is 17.5 Å². The first-order valence-corrected chi connectivity index (χ1v) is 11.5. The molecular weight excluding hydrogens is 479 g/mol. The Hall–Kier alpha value is -2.59. The molecule has 1 fully saturated rings. The van der Waals surface area contributed by atoms with Crippen molar-refractivity contribution in [2.45, 2.75) is 44.3 Å². The van der Waals surface area contributed by atoms with Gasteiger partial charge in [-0.2, -0.15) is 13.2 Å². The fourth-order valence-corrected chi connectivity index (χ4v) is 5.18. The molecule has 0 amide bonds. The molecule has 3 aromatic rings. The summed E-state index contributed by atoms with van der Waals surface area (Å²) in [6.45, 7) is 0.290. The summed E-state index contributed by atoms with van der Waals surface area (Å²) in [5, 5.41) is 13.1. The summed E-state index contributed by atoms with van der Waals surface area (Å²) < 4.78 is 45.2. The Bertz CT molecular complexity index is 1180. The van der Waals surface area contributed by atoms with Gasteiger partial charge >= 0.3 is 12.1 Å². The molecule has 11 heteroatoms. The average Bonchev–Trinajstić information content (AvgIpc) is 3.22. The van der Waals surface area contributed by atoms with Gasteiger partial charge < -0.3 is 15.2 Å². The molecule has 0 unspecified atom stereocenters. The maximum atomic E-state index is 13.4. The van der Waals surface area contributed by atoms with Gasteiger partial charge in [0.2, 0.25) is 0 Å². The number of thiophene rings is 1. The minimum atomic E-state index is -4.48. The second kappa shape index (κ2) is 9.34. The first-order chi connectivity index (χ1) is 15.7. The van der Waals surface area contributed by atoms with Crippen LogP contribution in [0.25, 0.3) is 10.2 Å². The molecule has 2 aromatic heterocycles. The van der Waals surface area contributed by atoms with Gasteiger partial charge in [0.15, 0.2) is 0 Å². The third-order valence-electron chi connectivity index (χ3n) is 5.81. The fourth-order valence-electron chi connectivity index (χ4n) is 4.00. The molecule has 0 bridgehead atoms. The molecule has 1 aromatic carbocycles. The zero-order valence-corrected chi connectivity index (χ0v) is 19.2. The van der Waals surface area contributed by atoms with E-state index in [1.54, 1.807) is 18.2 Å². The van der Waals surface area contributed by atoms with Crippen molar-refractivity contribution in [2.24, 2.45) is 5.92 Å². The Morgan fingerprint density at radius 2 is 1.97 bits per heavy atom. The highest BCUT2D eigenvalue weighted by Crippen LogP contribution is 2.41. The van der Waals surface area contributed by atoms with Crippen LogP contribution in [0, 0.1) is 5.92 Å². The van der Waals surface area contributed by atoms with E-state index in [0.29, 0.717) is 64.8 Å². The molecule has 176 valence electrons. The van der Waals surface area contributed by atoms with E-state index in [1.165, 1.54) is 7.11 Å². The average molecular weight is 500 g/mol.